The van der Waals surface area contributed by atoms with Crippen LogP contribution in [0.15, 0.2) is 83.9 Å². The molecule has 1 atom stereocenters. The Hall–Kier alpha value is -4.66. The molecule has 0 fully saturated rings. The molecule has 3 heterocycles. The van der Waals surface area contributed by atoms with E-state index in [4.69, 9.17) is 9.84 Å². The molecule has 0 radical (unpaired) electrons. The van der Waals surface area contributed by atoms with Crippen molar-refractivity contribution < 1.29 is 9.53 Å². The van der Waals surface area contributed by atoms with Gasteiger partial charge in [0.25, 0.3) is 5.56 Å². The number of nitrogens with one attached hydrogen (secondary N) is 1. The number of anilines is 1. The summed E-state index contributed by atoms with van der Waals surface area (Å²) < 4.78 is 10.1. The Bertz CT molecular complexity index is 1570. The van der Waals surface area contributed by atoms with Crippen molar-refractivity contribution in [2.24, 2.45) is 0 Å². The number of aryl methyl sites for hydroxylation is 1. The van der Waals surface area contributed by atoms with Crippen LogP contribution in [0.3, 0.4) is 0 Å². The van der Waals surface area contributed by atoms with E-state index in [0.29, 0.717) is 33.9 Å². The smallest absolute Gasteiger partial charge is 0.280 e. The highest BCUT2D eigenvalue weighted by Gasteiger charge is 2.25. The van der Waals surface area contributed by atoms with Crippen molar-refractivity contribution in [2.45, 2.75) is 19.9 Å². The van der Waals surface area contributed by atoms with Gasteiger partial charge in [-0.3, -0.25) is 9.59 Å². The maximum Gasteiger partial charge on any atom is 0.280 e. The summed E-state index contributed by atoms with van der Waals surface area (Å²) in [5.74, 6) is 0.720. The number of aromatic nitrogens is 5. The molecule has 0 saturated carbocycles. The van der Waals surface area contributed by atoms with Gasteiger partial charge < -0.3 is 14.6 Å². The lowest BCUT2D eigenvalue weighted by atomic mass is 10.2. The first kappa shape index (κ1) is 22.1. The fraction of sp³-hybridized carbons (Fsp3) is 0.154. The molecule has 0 unspecified atom stereocenters. The van der Waals surface area contributed by atoms with Crippen LogP contribution in [0.5, 0.6) is 5.75 Å². The van der Waals surface area contributed by atoms with Gasteiger partial charge in [0.05, 0.1) is 24.2 Å². The Morgan fingerprint density at radius 1 is 0.971 bits per heavy atom. The molecule has 2 aromatic carbocycles. The minimum absolute atomic E-state index is 0.384. The van der Waals surface area contributed by atoms with Crippen LogP contribution in [0, 0.1) is 6.92 Å². The number of methoxy groups -OCH3 is 1. The van der Waals surface area contributed by atoms with E-state index in [1.165, 1.54) is 11.8 Å². The van der Waals surface area contributed by atoms with Crippen molar-refractivity contribution in [3.8, 4) is 17.3 Å². The third-order valence-electron chi connectivity index (χ3n) is 5.84. The van der Waals surface area contributed by atoms with Crippen molar-refractivity contribution in [3.63, 3.8) is 0 Å². The number of fused-ring (bicyclic) bond motifs is 1. The van der Waals surface area contributed by atoms with Gasteiger partial charge in [-0.25, -0.2) is 9.36 Å². The first-order valence-electron chi connectivity index (χ1n) is 11.1. The number of nitrogens with zero attached hydrogens (tertiary/aromatic N) is 5. The highest BCUT2D eigenvalue weighted by molar-refractivity contribution is 5.95. The van der Waals surface area contributed by atoms with Crippen LogP contribution in [0.25, 0.3) is 22.4 Å². The fourth-order valence-corrected chi connectivity index (χ4v) is 4.05. The number of carbonyl (C=O) groups is 1. The Balaban J connectivity index is 1.66. The normalized spacial score (nSPS) is 12.0. The molecule has 0 saturated heterocycles. The number of amides is 1. The Kier molecular flexibility index (Phi) is 5.66. The zero-order chi connectivity index (χ0) is 24.5. The van der Waals surface area contributed by atoms with Gasteiger partial charge in [-0.1, -0.05) is 30.3 Å². The van der Waals surface area contributed by atoms with Gasteiger partial charge in [0.1, 0.15) is 22.7 Å². The second-order valence-electron chi connectivity index (χ2n) is 8.09. The first-order valence-corrected chi connectivity index (χ1v) is 11.1. The summed E-state index contributed by atoms with van der Waals surface area (Å²) in [5, 5.41) is 12.4. The number of hydrogen-bond donors (Lipinski definition) is 1. The van der Waals surface area contributed by atoms with E-state index < -0.39 is 11.6 Å². The van der Waals surface area contributed by atoms with Crippen LogP contribution >= 0.6 is 0 Å². The molecule has 1 amide bonds. The summed E-state index contributed by atoms with van der Waals surface area (Å²) >= 11 is 0. The molecule has 0 aliphatic heterocycles. The number of rotatable bonds is 6. The van der Waals surface area contributed by atoms with E-state index >= 15 is 0 Å². The van der Waals surface area contributed by atoms with E-state index in [2.05, 4.69) is 10.4 Å². The lowest BCUT2D eigenvalue weighted by molar-refractivity contribution is -0.119. The third kappa shape index (κ3) is 3.86. The largest absolute Gasteiger partial charge is 0.495 e. The van der Waals surface area contributed by atoms with Gasteiger partial charge in [0, 0.05) is 12.4 Å². The van der Waals surface area contributed by atoms with Gasteiger partial charge in [0.2, 0.25) is 5.91 Å². The molecular formula is C26H24N6O3. The predicted octanol–water partition coefficient (Wildman–Crippen LogP) is 3.89. The predicted molar refractivity (Wildman–Crippen MR) is 134 cm³/mol. The zero-order valence-corrected chi connectivity index (χ0v) is 19.5. The Labute approximate surface area is 201 Å². The maximum absolute atomic E-state index is 13.8. The van der Waals surface area contributed by atoms with Crippen LogP contribution in [0.2, 0.25) is 0 Å². The molecule has 0 aliphatic rings. The van der Waals surface area contributed by atoms with Crippen LogP contribution in [-0.2, 0) is 4.79 Å². The second-order valence-corrected chi connectivity index (χ2v) is 8.09. The number of benzene rings is 2. The number of ether oxygens (including phenoxy) is 1. The Morgan fingerprint density at radius 3 is 2.37 bits per heavy atom. The minimum atomic E-state index is -0.881. The first-order chi connectivity index (χ1) is 17.0. The van der Waals surface area contributed by atoms with Crippen LogP contribution in [-0.4, -0.2) is 37.1 Å². The average molecular weight is 469 g/mol. The van der Waals surface area contributed by atoms with Gasteiger partial charge in [-0.2, -0.15) is 10.2 Å². The van der Waals surface area contributed by atoms with E-state index in [9.17, 15) is 9.59 Å². The molecule has 176 valence electrons. The SMILES string of the molecule is COc1ccccc1NC(=O)[C@@H](C)n1nc(C)c2nn(-c3ccccc3)c(-n3cccc3)c2c1=O. The molecule has 35 heavy (non-hydrogen) atoms. The summed E-state index contributed by atoms with van der Waals surface area (Å²) in [6.45, 7) is 3.42. The van der Waals surface area contributed by atoms with Crippen LogP contribution in [0.4, 0.5) is 5.69 Å². The van der Waals surface area contributed by atoms with Crippen molar-refractivity contribution in [1.29, 1.82) is 0 Å². The summed E-state index contributed by atoms with van der Waals surface area (Å²) in [6, 6.07) is 19.6. The molecular weight excluding hydrogens is 444 g/mol. The van der Waals surface area contributed by atoms with Crippen molar-refractivity contribution in [3.05, 3.63) is 95.2 Å². The molecule has 0 bridgehead atoms. The minimum Gasteiger partial charge on any atom is -0.495 e. The lowest BCUT2D eigenvalue weighted by Crippen LogP contribution is -2.34. The summed E-state index contributed by atoms with van der Waals surface area (Å²) in [6.07, 6.45) is 3.71. The second kappa shape index (κ2) is 8.94. The van der Waals surface area contributed by atoms with Gasteiger partial charge >= 0.3 is 0 Å². The summed E-state index contributed by atoms with van der Waals surface area (Å²) in [7, 11) is 1.53. The van der Waals surface area contributed by atoms with Gasteiger partial charge in [-0.05, 0) is 50.2 Å². The lowest BCUT2D eigenvalue weighted by Gasteiger charge is -2.16. The molecule has 3 aromatic heterocycles. The molecule has 1 N–H and O–H groups in total. The quantitative estimate of drug-likeness (QED) is 0.408. The fourth-order valence-electron chi connectivity index (χ4n) is 4.05. The van der Waals surface area contributed by atoms with Gasteiger partial charge in [-0.15, -0.1) is 0 Å². The van der Waals surface area contributed by atoms with Crippen molar-refractivity contribution in [2.75, 3.05) is 12.4 Å². The van der Waals surface area contributed by atoms with Crippen LogP contribution in [0.1, 0.15) is 18.7 Å². The summed E-state index contributed by atoms with van der Waals surface area (Å²) in [5.41, 5.74) is 1.94. The van der Waals surface area contributed by atoms with E-state index in [-0.39, 0.29) is 5.91 Å². The number of para-hydroxylation sites is 3. The maximum atomic E-state index is 13.8. The van der Waals surface area contributed by atoms with Crippen LogP contribution < -0.4 is 15.6 Å². The zero-order valence-electron chi connectivity index (χ0n) is 19.5. The van der Waals surface area contributed by atoms with Crippen molar-refractivity contribution in [1.82, 2.24) is 24.1 Å². The van der Waals surface area contributed by atoms with E-state index in [0.717, 1.165) is 5.69 Å². The highest BCUT2D eigenvalue weighted by Crippen LogP contribution is 2.26. The number of hydrogen-bond acceptors (Lipinski definition) is 5. The highest BCUT2D eigenvalue weighted by atomic mass is 16.5. The number of carbonyl (C=O) groups excluding carboxylic acids is 1. The Morgan fingerprint density at radius 2 is 1.66 bits per heavy atom. The molecule has 5 aromatic rings. The topological polar surface area (TPSA) is 96.0 Å². The molecule has 0 aliphatic carbocycles. The molecule has 9 nitrogen and oxygen atoms in total. The summed E-state index contributed by atoms with van der Waals surface area (Å²) in [4.78, 5) is 26.9. The van der Waals surface area contributed by atoms with E-state index in [1.54, 1.807) is 36.7 Å². The average Bonchev–Trinajstić information content (AvgIpc) is 3.55. The van der Waals surface area contributed by atoms with Gasteiger partial charge in [0.15, 0.2) is 5.82 Å². The standard InChI is InChI=1S/C26H24N6O3/c1-17-23-22(25(30-15-9-10-16-30)32(29-23)19-11-5-4-6-12-19)26(34)31(28-17)18(2)24(33)27-20-13-7-8-14-21(20)35-3/h4-16,18H,1-3H3,(H,27,33)/t18-/m1/s1. The molecule has 0 spiro atoms. The van der Waals surface area contributed by atoms with E-state index in [1.807, 2.05) is 65.5 Å². The third-order valence-corrected chi connectivity index (χ3v) is 5.84. The molecule has 5 rings (SSSR count). The molecule has 9 heteroatoms. The van der Waals surface area contributed by atoms with Crippen molar-refractivity contribution >= 4 is 22.5 Å². The monoisotopic (exact) mass is 468 g/mol.